The molecule has 2 aromatic rings. The summed E-state index contributed by atoms with van der Waals surface area (Å²) >= 11 is 12.2. The minimum atomic E-state index is -0.678. The van der Waals surface area contributed by atoms with Gasteiger partial charge in [0.1, 0.15) is 5.75 Å². The van der Waals surface area contributed by atoms with Gasteiger partial charge >= 0.3 is 0 Å². The number of carbonyl (C=O) groups excluding carboxylic acids is 1. The molecule has 2 aromatic carbocycles. The molecule has 168 valence electrons. The van der Waals surface area contributed by atoms with Gasteiger partial charge in [0.05, 0.1) is 31.9 Å². The summed E-state index contributed by atoms with van der Waals surface area (Å²) in [5.41, 5.74) is 0.474. The summed E-state index contributed by atoms with van der Waals surface area (Å²) in [5.74, 6) is 1.93. The number of ether oxygens (including phenoxy) is 4. The van der Waals surface area contributed by atoms with Crippen molar-refractivity contribution in [2.75, 3.05) is 28.4 Å². The number of benzene rings is 2. The van der Waals surface area contributed by atoms with E-state index in [9.17, 15) is 4.79 Å². The van der Waals surface area contributed by atoms with Crippen LogP contribution in [0.15, 0.2) is 30.3 Å². The largest absolute Gasteiger partial charge is 0.493 e. The van der Waals surface area contributed by atoms with E-state index in [1.165, 1.54) is 0 Å². The molecule has 1 saturated carbocycles. The summed E-state index contributed by atoms with van der Waals surface area (Å²) in [6.07, 6.45) is 1.47. The Labute approximate surface area is 192 Å². The van der Waals surface area contributed by atoms with Gasteiger partial charge in [0.25, 0.3) is 5.91 Å². The van der Waals surface area contributed by atoms with Crippen LogP contribution in [0.2, 0.25) is 10.0 Å². The van der Waals surface area contributed by atoms with Crippen LogP contribution < -0.4 is 18.9 Å². The molecule has 0 heterocycles. The fourth-order valence-electron chi connectivity index (χ4n) is 3.75. The Hall–Kier alpha value is -2.31. The predicted octanol–water partition coefficient (Wildman–Crippen LogP) is 5.32. The molecule has 0 saturated heterocycles. The number of hydrogen-bond donors (Lipinski definition) is 0. The van der Waals surface area contributed by atoms with Crippen LogP contribution in [0.3, 0.4) is 0 Å². The van der Waals surface area contributed by atoms with Crippen LogP contribution in [0, 0.1) is 0 Å². The molecule has 1 atom stereocenters. The molecule has 0 radical (unpaired) electrons. The van der Waals surface area contributed by atoms with Gasteiger partial charge in [-0.15, -0.1) is 0 Å². The van der Waals surface area contributed by atoms with Crippen molar-refractivity contribution in [2.24, 2.45) is 0 Å². The van der Waals surface area contributed by atoms with Gasteiger partial charge in [0, 0.05) is 12.1 Å². The van der Waals surface area contributed by atoms with Crippen LogP contribution in [0.5, 0.6) is 23.0 Å². The van der Waals surface area contributed by atoms with Crippen LogP contribution in [0.25, 0.3) is 0 Å². The summed E-state index contributed by atoms with van der Waals surface area (Å²) in [5, 5.41) is 0.875. The molecule has 8 heteroatoms. The number of likely N-dealkylation sites (N-methyl/N-ethyl adjacent to an activating group) is 1. The second-order valence-corrected chi connectivity index (χ2v) is 8.28. The first-order chi connectivity index (χ1) is 14.8. The molecule has 0 spiro atoms. The minimum Gasteiger partial charge on any atom is -0.493 e. The van der Waals surface area contributed by atoms with Gasteiger partial charge in [-0.25, -0.2) is 0 Å². The molecule has 0 aliphatic heterocycles. The molecule has 3 rings (SSSR count). The predicted molar refractivity (Wildman–Crippen MR) is 121 cm³/mol. The van der Waals surface area contributed by atoms with Crippen molar-refractivity contribution in [3.8, 4) is 23.0 Å². The number of rotatable bonds is 9. The lowest BCUT2D eigenvalue weighted by Crippen LogP contribution is -2.45. The number of amides is 1. The molecule has 0 bridgehead atoms. The van der Waals surface area contributed by atoms with E-state index < -0.39 is 11.6 Å². The first-order valence-corrected chi connectivity index (χ1v) is 10.8. The molecule has 0 aromatic heterocycles. The van der Waals surface area contributed by atoms with Gasteiger partial charge in [-0.1, -0.05) is 30.1 Å². The van der Waals surface area contributed by atoms with E-state index in [-0.39, 0.29) is 5.91 Å². The highest BCUT2D eigenvalue weighted by Gasteiger charge is 2.51. The Morgan fingerprint density at radius 3 is 2.10 bits per heavy atom. The minimum absolute atomic E-state index is 0.125. The van der Waals surface area contributed by atoms with E-state index in [4.69, 9.17) is 42.1 Å². The van der Waals surface area contributed by atoms with Crippen molar-refractivity contribution >= 4 is 29.1 Å². The van der Waals surface area contributed by atoms with E-state index in [0.717, 1.165) is 18.4 Å². The zero-order valence-electron chi connectivity index (χ0n) is 18.3. The Kier molecular flexibility index (Phi) is 7.12. The van der Waals surface area contributed by atoms with Crippen LogP contribution in [-0.4, -0.2) is 45.3 Å². The first-order valence-electron chi connectivity index (χ1n) is 10.0. The van der Waals surface area contributed by atoms with E-state index in [1.807, 2.05) is 19.1 Å². The van der Waals surface area contributed by atoms with Crippen molar-refractivity contribution in [3.05, 3.63) is 45.9 Å². The fraction of sp³-hybridized carbons (Fsp3) is 0.435. The highest BCUT2D eigenvalue weighted by atomic mass is 35.5. The summed E-state index contributed by atoms with van der Waals surface area (Å²) in [4.78, 5) is 15.1. The average Bonchev–Trinajstić information content (AvgIpc) is 3.58. The highest BCUT2D eigenvalue weighted by Crippen LogP contribution is 2.54. The average molecular weight is 468 g/mol. The van der Waals surface area contributed by atoms with E-state index in [0.29, 0.717) is 39.5 Å². The highest BCUT2D eigenvalue weighted by molar-refractivity contribution is 6.35. The fourth-order valence-corrected chi connectivity index (χ4v) is 4.20. The molecular formula is C23H27Cl2NO5. The van der Waals surface area contributed by atoms with E-state index in [2.05, 4.69) is 0 Å². The lowest BCUT2D eigenvalue weighted by Gasteiger charge is -2.32. The molecule has 1 aliphatic rings. The standard InChI is InChI=1S/C23H27Cl2NO5/c1-6-17(31-18-8-7-15(24)13-16(18)25)22(27)26(2)23(9-10-23)14-11-19(28-3)21(30-5)20(12-14)29-4/h7-8,11-13,17H,6,9-10H2,1-5H3. The van der Waals surface area contributed by atoms with E-state index >= 15 is 0 Å². The Morgan fingerprint density at radius 2 is 1.65 bits per heavy atom. The SMILES string of the molecule is CCC(Oc1ccc(Cl)cc1Cl)C(=O)N(C)C1(c2cc(OC)c(OC)c(OC)c2)CC1. The van der Waals surface area contributed by atoms with Gasteiger partial charge < -0.3 is 23.8 Å². The maximum absolute atomic E-state index is 13.4. The lowest BCUT2D eigenvalue weighted by molar-refractivity contribution is -0.140. The third-order valence-corrected chi connectivity index (χ3v) is 6.24. The van der Waals surface area contributed by atoms with E-state index in [1.54, 1.807) is 51.5 Å². The molecule has 1 unspecified atom stereocenters. The Morgan fingerprint density at radius 1 is 1.03 bits per heavy atom. The maximum Gasteiger partial charge on any atom is 0.264 e. The van der Waals surface area contributed by atoms with Crippen molar-refractivity contribution in [1.29, 1.82) is 0 Å². The van der Waals surface area contributed by atoms with Gasteiger partial charge in [-0.2, -0.15) is 0 Å². The zero-order chi connectivity index (χ0) is 22.8. The molecular weight excluding hydrogens is 441 g/mol. The third kappa shape index (κ3) is 4.51. The van der Waals surface area contributed by atoms with Crippen LogP contribution in [0.1, 0.15) is 31.7 Å². The van der Waals surface area contributed by atoms with Gasteiger partial charge in [-0.05, 0) is 55.2 Å². The summed E-state index contributed by atoms with van der Waals surface area (Å²) < 4.78 is 22.4. The second kappa shape index (κ2) is 9.45. The zero-order valence-corrected chi connectivity index (χ0v) is 19.8. The van der Waals surface area contributed by atoms with Crippen LogP contribution in [0.4, 0.5) is 0 Å². The monoisotopic (exact) mass is 467 g/mol. The van der Waals surface area contributed by atoms with Gasteiger partial charge in [0.2, 0.25) is 5.75 Å². The Bertz CT molecular complexity index is 936. The smallest absolute Gasteiger partial charge is 0.264 e. The normalized spacial score (nSPS) is 15.1. The molecule has 31 heavy (non-hydrogen) atoms. The molecule has 1 amide bonds. The molecule has 0 N–H and O–H groups in total. The quantitative estimate of drug-likeness (QED) is 0.499. The Balaban J connectivity index is 1.88. The van der Waals surface area contributed by atoms with Gasteiger partial charge in [-0.3, -0.25) is 4.79 Å². The van der Waals surface area contributed by atoms with Crippen molar-refractivity contribution in [2.45, 2.75) is 37.8 Å². The number of halogens is 2. The van der Waals surface area contributed by atoms with Crippen molar-refractivity contribution in [3.63, 3.8) is 0 Å². The molecule has 6 nitrogen and oxygen atoms in total. The maximum atomic E-state index is 13.4. The van der Waals surface area contributed by atoms with Crippen molar-refractivity contribution in [1.82, 2.24) is 4.90 Å². The number of carbonyl (C=O) groups is 1. The first kappa shape index (κ1) is 23.4. The summed E-state index contributed by atoms with van der Waals surface area (Å²) in [7, 11) is 6.51. The number of nitrogens with zero attached hydrogens (tertiary/aromatic N) is 1. The van der Waals surface area contributed by atoms with Crippen LogP contribution in [-0.2, 0) is 10.3 Å². The summed E-state index contributed by atoms with van der Waals surface area (Å²) in [6.45, 7) is 1.90. The molecule has 1 aliphatic carbocycles. The number of hydrogen-bond acceptors (Lipinski definition) is 5. The number of methoxy groups -OCH3 is 3. The van der Waals surface area contributed by atoms with Crippen molar-refractivity contribution < 1.29 is 23.7 Å². The summed E-state index contributed by atoms with van der Waals surface area (Å²) in [6, 6.07) is 8.75. The molecule has 1 fully saturated rings. The van der Waals surface area contributed by atoms with Crippen LogP contribution >= 0.6 is 23.2 Å². The van der Waals surface area contributed by atoms with Gasteiger partial charge in [0.15, 0.2) is 17.6 Å². The topological polar surface area (TPSA) is 57.2 Å². The second-order valence-electron chi connectivity index (χ2n) is 7.43. The third-order valence-electron chi connectivity index (χ3n) is 5.71. The lowest BCUT2D eigenvalue weighted by atomic mass is 10.0.